The molecule has 8 atom stereocenters. The van der Waals surface area contributed by atoms with Gasteiger partial charge < -0.3 is 133 Å². The minimum atomic E-state index is -0.735. The number of carbonyl (C=O) groups excluding carboxylic acids is 15. The van der Waals surface area contributed by atoms with Crippen LogP contribution in [0.4, 0.5) is 4.79 Å². The molecule has 6 heterocycles. The Labute approximate surface area is 847 Å². The zero-order valence-electron chi connectivity index (χ0n) is 89.9. The van der Waals surface area contributed by atoms with Gasteiger partial charge in [-0.1, -0.05) is 96.4 Å². The van der Waals surface area contributed by atoms with Gasteiger partial charge in [0.2, 0.25) is 6.10 Å². The molecule has 0 aromatic rings. The van der Waals surface area contributed by atoms with Crippen molar-refractivity contribution in [2.45, 2.75) is 384 Å². The number of rotatable bonds is 53. The van der Waals surface area contributed by atoms with E-state index >= 15 is 0 Å². The summed E-state index contributed by atoms with van der Waals surface area (Å²) in [7, 11) is 6.46. The van der Waals surface area contributed by atoms with Crippen LogP contribution in [-0.2, 0) is 200 Å². The van der Waals surface area contributed by atoms with Crippen LogP contribution in [0.15, 0.2) is 0 Å². The summed E-state index contributed by atoms with van der Waals surface area (Å²) in [5.41, 5.74) is -0.402. The average Bonchev–Trinajstić information content (AvgIpc) is 1.67. The van der Waals surface area contributed by atoms with Crippen molar-refractivity contribution >= 4 is 89.5 Å². The zero-order valence-corrected chi connectivity index (χ0v) is 89.9. The van der Waals surface area contributed by atoms with Crippen LogP contribution < -0.4 is 0 Å². The second-order valence-electron chi connectivity index (χ2n) is 33.9. The lowest BCUT2D eigenvalue weighted by Crippen LogP contribution is -2.34. The van der Waals surface area contributed by atoms with E-state index in [1.54, 1.807) is 28.4 Å². The quantitative estimate of drug-likeness (QED) is 0.0236. The van der Waals surface area contributed by atoms with E-state index in [0.29, 0.717) is 195 Å². The predicted molar refractivity (Wildman–Crippen MR) is 515 cm³/mol. The maximum absolute atomic E-state index is 11.2. The van der Waals surface area contributed by atoms with Crippen molar-refractivity contribution in [3.63, 3.8) is 0 Å². The van der Waals surface area contributed by atoms with Crippen LogP contribution in [0, 0.1) is 5.41 Å². The van der Waals surface area contributed by atoms with Gasteiger partial charge in [0.1, 0.15) is 109 Å². The first-order chi connectivity index (χ1) is 68.3. The number of hydrogen-bond donors (Lipinski definition) is 0. The van der Waals surface area contributed by atoms with Crippen LogP contribution in [0.1, 0.15) is 317 Å². The van der Waals surface area contributed by atoms with E-state index in [1.165, 1.54) is 13.8 Å². The molecule has 43 heteroatoms. The summed E-state index contributed by atoms with van der Waals surface area (Å²) in [4.78, 5) is 163. The Morgan fingerprint density at radius 1 is 0.385 bits per heavy atom. The number of Topliss-reactive ketones (excluding diaryl/α,β-unsaturated/α-hetero) is 1. The lowest BCUT2D eigenvalue weighted by atomic mass is 9.90. The summed E-state index contributed by atoms with van der Waals surface area (Å²) >= 11 is 0. The molecule has 0 N–H and O–H groups in total. The number of esters is 13. The molecule has 6 aliphatic heterocycles. The summed E-state index contributed by atoms with van der Waals surface area (Å²) in [6.07, 6.45) is 17.1. The number of ketones is 1. The summed E-state index contributed by atoms with van der Waals surface area (Å²) in [5.74, 6) is -3.32. The van der Waals surface area contributed by atoms with Crippen molar-refractivity contribution in [2.24, 2.45) is 5.41 Å². The molecule has 0 bridgehead atoms. The third-order valence-electron chi connectivity index (χ3n) is 19.4. The highest BCUT2D eigenvalue weighted by Crippen LogP contribution is 2.32. The van der Waals surface area contributed by atoms with E-state index in [4.69, 9.17) is 118 Å². The van der Waals surface area contributed by atoms with Gasteiger partial charge in [-0.15, -0.1) is 0 Å². The van der Waals surface area contributed by atoms with E-state index in [1.807, 2.05) is 104 Å². The minimum Gasteiger partial charge on any atom is -0.466 e. The second kappa shape index (κ2) is 94.5. The van der Waals surface area contributed by atoms with Gasteiger partial charge in [-0.3, -0.25) is 62.3 Å². The van der Waals surface area contributed by atoms with Crippen LogP contribution in [0.3, 0.4) is 0 Å². The molecule has 43 nitrogen and oxygen atoms in total. The van der Waals surface area contributed by atoms with Crippen LogP contribution in [-0.4, -0.2) is 324 Å². The normalized spacial score (nSPS) is 18.4. The molecule has 0 spiro atoms. The van der Waals surface area contributed by atoms with Gasteiger partial charge >= 0.3 is 83.8 Å². The Bertz CT molecular complexity index is 3240. The molecule has 1 saturated carbocycles. The Kier molecular flexibility index (Phi) is 93.0. The van der Waals surface area contributed by atoms with Crippen LogP contribution in [0.2, 0.25) is 0 Å². The maximum Gasteiger partial charge on any atom is 0.508 e. The molecule has 6 saturated heterocycles. The van der Waals surface area contributed by atoms with Gasteiger partial charge in [0.05, 0.1) is 91.3 Å². The first-order valence-electron chi connectivity index (χ1n) is 50.2. The second-order valence-corrected chi connectivity index (χ2v) is 33.9. The summed E-state index contributed by atoms with van der Waals surface area (Å²) in [5, 5.41) is 0. The lowest BCUT2D eigenvalue weighted by molar-refractivity contribution is -0.166. The van der Waals surface area contributed by atoms with Gasteiger partial charge in [0.25, 0.3) is 0 Å². The van der Waals surface area contributed by atoms with Crippen molar-refractivity contribution in [1.29, 1.82) is 0 Å². The Balaban J connectivity index is -0.000000745. The molecular formula is C100H178O43. The van der Waals surface area contributed by atoms with Gasteiger partial charge in [0.15, 0.2) is 11.9 Å². The maximum atomic E-state index is 11.2. The van der Waals surface area contributed by atoms with E-state index < -0.39 is 35.5 Å². The largest absolute Gasteiger partial charge is 0.508 e. The van der Waals surface area contributed by atoms with Crippen LogP contribution >= 0.6 is 0 Å². The zero-order chi connectivity index (χ0) is 108. The lowest BCUT2D eigenvalue weighted by Gasteiger charge is -2.21. The molecule has 836 valence electrons. The van der Waals surface area contributed by atoms with E-state index in [0.717, 1.165) is 96.7 Å². The molecule has 143 heavy (non-hydrogen) atoms. The van der Waals surface area contributed by atoms with E-state index in [-0.39, 0.29) is 167 Å². The van der Waals surface area contributed by atoms with Gasteiger partial charge in [0, 0.05) is 138 Å². The molecule has 7 rings (SSSR count). The standard InChI is InChI=1S/C12H26O6.C10H18O4.C10H16O4.C10H16O3.2C9H14O4.C9H16O3.C8H12O5.C8H18O4.C8H14O4.C7H14O2/c1-4-12(18-11-16-8-6-14-3)9-17-10-15-7-5-13-2;1-4-5-9(11)12-6-8-7-13-10(2,3)14-8;1-4-5-7(11)14-8-9(12)13-6-10(8,2)3;1-2-3-10(12)13-9-6-4-8(11)5-7-9;1-2-3-9(11)13-7-4-5-8(10)12-6-7;1-2-3-8(10)13-7-4-5-12-9(11)6-7;1-2-3-9(10)12-8-4-6-11-7-5-8;1-2-3-7(9)11-4-6-5-12-8(10)13-6;1-4-8(12-7-10-3)5-11-6-9-2;1-4-8(12-7(3)10)5-11-6(2)9;1-3-5-6-7(8)9-4-2/h12H,4-11H2,1-3H3;8H,4-7H2,1-3H3;8H,4-6H2,1-3H3;9H,2-7H2,1H3;2*7H,2-6H2,1H3;8H,2-7H2,1H3;6H,2-5H2,1H3;8H,4-7H2,1-3H3;8H,4-5H2,1-3H3;3-6H2,1-2H3. The number of methoxy groups -OCH3 is 4. The molecule has 0 radical (unpaired) electrons. The summed E-state index contributed by atoms with van der Waals surface area (Å²) in [6, 6.07) is 0. The van der Waals surface area contributed by atoms with E-state index in [9.17, 15) is 71.9 Å². The molecule has 7 fully saturated rings. The van der Waals surface area contributed by atoms with E-state index in [2.05, 4.69) is 21.1 Å². The van der Waals surface area contributed by atoms with Gasteiger partial charge in [-0.05, 0) is 111 Å². The fourth-order valence-electron chi connectivity index (χ4n) is 11.6. The van der Waals surface area contributed by atoms with Crippen molar-refractivity contribution in [1.82, 2.24) is 0 Å². The Hall–Kier alpha value is -8.47. The van der Waals surface area contributed by atoms with Crippen molar-refractivity contribution in [2.75, 3.05) is 168 Å². The van der Waals surface area contributed by atoms with Gasteiger partial charge in [-0.25, -0.2) is 9.59 Å². The molecule has 7 aliphatic rings. The first-order valence-corrected chi connectivity index (χ1v) is 50.2. The molecular weight excluding hydrogens is 1890 g/mol. The highest BCUT2D eigenvalue weighted by molar-refractivity contribution is 5.82. The SMILES string of the molecule is CCC(COC(C)=O)OC(C)=O.CCC(COCOC)OCOC.CCC(COCOCCOC)OCOCCOC.CCCC(=O)OC1C(=O)OCC1(C)C.CCCC(=O)OC1CCC(=O)CC1.CCCC(=O)OC1CCC(=O)OC1.CCCC(=O)OC1CCOC(=O)C1.CCCC(=O)OC1CCOCC1.CCCC(=O)OCC1COC(=O)O1.CCCC(=O)OCC1COC(C)(C)O1.CCCCC(=O)OCC. The summed E-state index contributed by atoms with van der Waals surface area (Å²) < 4.78 is 140. The number of hydrogen-bond acceptors (Lipinski definition) is 43. The minimum absolute atomic E-state index is 0.00301. The Morgan fingerprint density at radius 2 is 0.839 bits per heavy atom. The molecule has 1 aliphatic carbocycles. The van der Waals surface area contributed by atoms with Crippen LogP contribution in [0.5, 0.6) is 0 Å². The fourth-order valence-corrected chi connectivity index (χ4v) is 11.6. The molecule has 0 aromatic carbocycles. The molecule has 8 unspecified atom stereocenters. The number of carbonyl (C=O) groups is 15. The van der Waals surface area contributed by atoms with Gasteiger partial charge in [-0.2, -0.15) is 0 Å². The highest BCUT2D eigenvalue weighted by Gasteiger charge is 2.46. The van der Waals surface area contributed by atoms with Crippen molar-refractivity contribution in [3.8, 4) is 0 Å². The third-order valence-corrected chi connectivity index (χ3v) is 19.4. The first kappa shape index (κ1) is 141. The van der Waals surface area contributed by atoms with Crippen molar-refractivity contribution in [3.05, 3.63) is 0 Å². The average molecular weight is 2070 g/mol. The third kappa shape index (κ3) is 87.5. The number of unbranched alkanes of at least 4 members (excludes halogenated alkanes) is 1. The molecule has 0 amide bonds. The smallest absolute Gasteiger partial charge is 0.466 e. The Morgan fingerprint density at radius 3 is 1.26 bits per heavy atom. The summed E-state index contributed by atoms with van der Waals surface area (Å²) in [6.45, 7) is 41.8. The highest BCUT2D eigenvalue weighted by atomic mass is 16.8. The predicted octanol–water partition coefficient (Wildman–Crippen LogP) is 13.7. The molecule has 0 aromatic heterocycles. The fraction of sp³-hybridized carbons (Fsp3) is 0.850. The number of cyclic esters (lactones) is 5. The van der Waals surface area contributed by atoms with Crippen molar-refractivity contribution < 1.29 is 205 Å². The topological polar surface area (TPSA) is 514 Å². The van der Waals surface area contributed by atoms with Crippen LogP contribution in [0.25, 0.3) is 0 Å². The number of ether oxygens (including phenoxy) is 28. The monoisotopic (exact) mass is 2070 g/mol.